The van der Waals surface area contributed by atoms with Crippen LogP contribution in [0.1, 0.15) is 58.1 Å². The van der Waals surface area contributed by atoms with E-state index in [0.29, 0.717) is 33.2 Å². The highest BCUT2D eigenvalue weighted by Gasteiger charge is 2.35. The molecule has 0 radical (unpaired) electrons. The molecule has 2 atom stereocenters. The molecule has 0 bridgehead atoms. The van der Waals surface area contributed by atoms with Crippen molar-refractivity contribution >= 4 is 67.8 Å². The van der Waals surface area contributed by atoms with E-state index in [1.807, 2.05) is 42.5 Å². The van der Waals surface area contributed by atoms with Gasteiger partial charge in [0, 0.05) is 35.6 Å². The number of hydrogen-bond donors (Lipinski definition) is 1. The predicted molar refractivity (Wildman–Crippen MR) is 212 cm³/mol. The van der Waals surface area contributed by atoms with Gasteiger partial charge in [-0.1, -0.05) is 84.4 Å². The summed E-state index contributed by atoms with van der Waals surface area (Å²) in [5, 5.41) is 4.25. The molecule has 1 fully saturated rings. The summed E-state index contributed by atoms with van der Waals surface area (Å²) in [4.78, 5) is 21.5. The zero-order valence-corrected chi connectivity index (χ0v) is 31.1. The van der Waals surface area contributed by atoms with Crippen LogP contribution in [0.4, 0.5) is 11.4 Å². The summed E-state index contributed by atoms with van der Waals surface area (Å²) in [6.45, 7) is 2.42. The summed E-state index contributed by atoms with van der Waals surface area (Å²) in [6.07, 6.45) is 3.95. The van der Waals surface area contributed by atoms with E-state index in [-0.39, 0.29) is 17.7 Å². The SMILES string of the molecule is COc1cc(/C=C2\SC(=Nc3cc4c5c(c3)[C@H](c3ccccc3)CCN5CC[C@H]4c3ccccc3)NC2=O)cc(Br)c1OCc1ccc(Cl)cc1. The Morgan fingerprint density at radius 2 is 1.53 bits per heavy atom. The summed E-state index contributed by atoms with van der Waals surface area (Å²) in [5.74, 6) is 1.50. The average Bonchev–Trinajstić information content (AvgIpc) is 3.49. The first-order chi connectivity index (χ1) is 24.9. The number of methoxy groups -OCH3 is 1. The topological polar surface area (TPSA) is 63.2 Å². The van der Waals surface area contributed by atoms with E-state index in [2.05, 4.69) is 98.9 Å². The summed E-state index contributed by atoms with van der Waals surface area (Å²) in [6, 6.07) is 37.4. The molecule has 0 aliphatic carbocycles. The van der Waals surface area contributed by atoms with Crippen molar-refractivity contribution in [2.75, 3.05) is 25.1 Å². The number of amides is 1. The van der Waals surface area contributed by atoms with Crippen LogP contribution in [-0.2, 0) is 11.4 Å². The molecule has 6 nitrogen and oxygen atoms in total. The molecule has 9 heteroatoms. The van der Waals surface area contributed by atoms with Crippen LogP contribution in [0.3, 0.4) is 0 Å². The van der Waals surface area contributed by atoms with Crippen LogP contribution in [0.5, 0.6) is 11.5 Å². The predicted octanol–water partition coefficient (Wildman–Crippen LogP) is 10.5. The first-order valence-corrected chi connectivity index (χ1v) is 19.0. The zero-order chi connectivity index (χ0) is 34.9. The lowest BCUT2D eigenvalue weighted by atomic mass is 9.76. The van der Waals surface area contributed by atoms with E-state index >= 15 is 0 Å². The van der Waals surface area contributed by atoms with E-state index in [1.54, 1.807) is 7.11 Å². The molecule has 3 heterocycles. The highest BCUT2D eigenvalue weighted by molar-refractivity contribution is 9.10. The van der Waals surface area contributed by atoms with Crippen molar-refractivity contribution in [2.24, 2.45) is 4.99 Å². The average molecular weight is 777 g/mol. The van der Waals surface area contributed by atoms with Gasteiger partial charge in [0.1, 0.15) is 6.61 Å². The Balaban J connectivity index is 1.11. The number of aliphatic imine (C=N–C) groups is 1. The maximum atomic E-state index is 13.3. The van der Waals surface area contributed by atoms with Crippen LogP contribution in [-0.4, -0.2) is 31.3 Å². The molecular formula is C42H35BrClN3O3S. The van der Waals surface area contributed by atoms with Gasteiger partial charge >= 0.3 is 0 Å². The molecule has 0 aromatic heterocycles. The maximum absolute atomic E-state index is 13.3. The fourth-order valence-corrected chi connectivity index (χ4v) is 8.89. The Hall–Kier alpha value is -4.50. The van der Waals surface area contributed by atoms with Crippen LogP contribution in [0.2, 0.25) is 5.02 Å². The minimum atomic E-state index is -0.188. The second-order valence-electron chi connectivity index (χ2n) is 12.9. The summed E-state index contributed by atoms with van der Waals surface area (Å²) >= 11 is 11.0. The van der Waals surface area contributed by atoms with Crippen molar-refractivity contribution in [1.29, 1.82) is 0 Å². The Kier molecular flexibility index (Phi) is 9.64. The molecule has 3 aliphatic rings. The van der Waals surface area contributed by atoms with Gasteiger partial charge in [0.2, 0.25) is 0 Å². The van der Waals surface area contributed by atoms with Gasteiger partial charge < -0.3 is 19.7 Å². The van der Waals surface area contributed by atoms with Gasteiger partial charge in [-0.15, -0.1) is 0 Å². The number of hydrogen-bond acceptors (Lipinski definition) is 6. The van der Waals surface area contributed by atoms with Crippen LogP contribution < -0.4 is 19.7 Å². The zero-order valence-electron chi connectivity index (χ0n) is 27.9. The number of ether oxygens (including phenoxy) is 2. The Morgan fingerprint density at radius 3 is 2.14 bits per heavy atom. The molecule has 1 saturated heterocycles. The normalized spacial score (nSPS) is 19.6. The van der Waals surface area contributed by atoms with Gasteiger partial charge in [0.15, 0.2) is 16.7 Å². The second kappa shape index (κ2) is 14.6. The van der Waals surface area contributed by atoms with Crippen LogP contribution >= 0.6 is 39.3 Å². The fourth-order valence-electron chi connectivity index (χ4n) is 7.35. The molecule has 5 aromatic carbocycles. The van der Waals surface area contributed by atoms with E-state index in [0.717, 1.165) is 47.2 Å². The summed E-state index contributed by atoms with van der Waals surface area (Å²) in [7, 11) is 1.60. The van der Waals surface area contributed by atoms with Crippen LogP contribution in [0, 0.1) is 0 Å². The number of thioether (sulfide) groups is 1. The van der Waals surface area contributed by atoms with Gasteiger partial charge in [0.05, 0.1) is 22.2 Å². The lowest BCUT2D eigenvalue weighted by molar-refractivity contribution is -0.115. The third-order valence-corrected chi connectivity index (χ3v) is 11.5. The van der Waals surface area contributed by atoms with Gasteiger partial charge in [-0.25, -0.2) is 4.99 Å². The number of halogens is 2. The first kappa shape index (κ1) is 33.6. The quantitative estimate of drug-likeness (QED) is 0.159. The van der Waals surface area contributed by atoms with E-state index in [1.165, 1.54) is 39.7 Å². The molecule has 256 valence electrons. The number of carbonyl (C=O) groups is 1. The molecule has 1 N–H and O–H groups in total. The maximum Gasteiger partial charge on any atom is 0.264 e. The number of benzene rings is 5. The van der Waals surface area contributed by atoms with Crippen LogP contribution in [0.25, 0.3) is 6.08 Å². The van der Waals surface area contributed by atoms with Crippen molar-refractivity contribution in [3.8, 4) is 11.5 Å². The summed E-state index contributed by atoms with van der Waals surface area (Å²) < 4.78 is 12.5. The van der Waals surface area contributed by atoms with Gasteiger partial charge in [-0.2, -0.15) is 0 Å². The van der Waals surface area contributed by atoms with Crippen molar-refractivity contribution in [1.82, 2.24) is 5.32 Å². The molecule has 51 heavy (non-hydrogen) atoms. The monoisotopic (exact) mass is 775 g/mol. The lowest BCUT2D eigenvalue weighted by Gasteiger charge is -2.43. The number of nitrogens with one attached hydrogen (secondary N) is 1. The molecule has 0 unspecified atom stereocenters. The fraction of sp³-hybridized carbons (Fsp3) is 0.190. The van der Waals surface area contributed by atoms with E-state index < -0.39 is 0 Å². The van der Waals surface area contributed by atoms with Gasteiger partial charge in [0.25, 0.3) is 5.91 Å². The Bertz CT molecular complexity index is 2090. The third-order valence-electron chi connectivity index (χ3n) is 9.73. The number of rotatable bonds is 8. The van der Waals surface area contributed by atoms with E-state index in [9.17, 15) is 4.79 Å². The molecule has 0 saturated carbocycles. The van der Waals surface area contributed by atoms with E-state index in [4.69, 9.17) is 26.1 Å². The second-order valence-corrected chi connectivity index (χ2v) is 15.2. The molecule has 1 amide bonds. The Labute approximate surface area is 315 Å². The van der Waals surface area contributed by atoms with Crippen molar-refractivity contribution in [2.45, 2.75) is 31.3 Å². The van der Waals surface area contributed by atoms with Crippen LogP contribution in [0.15, 0.2) is 124 Å². The number of carbonyl (C=O) groups excluding carboxylic acids is 1. The Morgan fingerprint density at radius 1 is 0.902 bits per heavy atom. The molecule has 3 aliphatic heterocycles. The highest BCUT2D eigenvalue weighted by atomic mass is 79.9. The minimum absolute atomic E-state index is 0.188. The molecular weight excluding hydrogens is 742 g/mol. The molecule has 0 spiro atoms. The van der Waals surface area contributed by atoms with Gasteiger partial charge in [-0.3, -0.25) is 4.79 Å². The number of anilines is 1. The lowest BCUT2D eigenvalue weighted by Crippen LogP contribution is -2.37. The molecule has 5 aromatic rings. The first-order valence-electron chi connectivity index (χ1n) is 17.0. The summed E-state index contributed by atoms with van der Waals surface area (Å²) in [5.41, 5.74) is 9.25. The van der Waals surface area contributed by atoms with Gasteiger partial charge in [-0.05, 0) is 116 Å². The number of nitrogens with zero attached hydrogens (tertiary/aromatic N) is 2. The van der Waals surface area contributed by atoms with Crippen molar-refractivity contribution < 1.29 is 14.3 Å². The standard InChI is InChI=1S/C42H35BrClN3O3S/c1-49-37-21-27(20-36(43)40(37)50-25-26-12-14-30(44)15-13-26)22-38-41(48)46-42(51-38)45-31-23-34-32(28-8-4-2-5-9-28)16-18-47-19-17-33(35(24-31)39(34)47)29-10-6-3-7-11-29/h2-15,20-24,32-33H,16-19,25H2,1H3,(H,45,46,48)/b38-22-/t32-,33-/m0/s1. The largest absolute Gasteiger partial charge is 0.493 e. The third kappa shape index (κ3) is 7.05. The smallest absolute Gasteiger partial charge is 0.264 e. The van der Waals surface area contributed by atoms with Crippen molar-refractivity contribution in [3.05, 3.63) is 157 Å². The van der Waals surface area contributed by atoms with Crippen molar-refractivity contribution in [3.63, 3.8) is 0 Å². The highest BCUT2D eigenvalue weighted by Crippen LogP contribution is 2.50. The molecule has 8 rings (SSSR count). The number of amidine groups is 1. The minimum Gasteiger partial charge on any atom is -0.493 e.